The molecule has 5 nitrogen and oxygen atoms in total. The highest BCUT2D eigenvalue weighted by atomic mass is 32.2. The molecule has 1 fully saturated rings. The van der Waals surface area contributed by atoms with E-state index in [2.05, 4.69) is 5.32 Å². The lowest BCUT2D eigenvalue weighted by Crippen LogP contribution is -2.60. The van der Waals surface area contributed by atoms with Crippen LogP contribution < -0.4 is 5.32 Å². The number of likely N-dealkylation sites (tertiary alicyclic amines) is 1. The maximum absolute atomic E-state index is 12.2. The van der Waals surface area contributed by atoms with E-state index < -0.39 is 11.5 Å². The minimum absolute atomic E-state index is 0.0694. The number of thioether (sulfide) groups is 1. The molecule has 110 valence electrons. The van der Waals surface area contributed by atoms with Gasteiger partial charge in [0, 0.05) is 12.6 Å². The predicted molar refractivity (Wildman–Crippen MR) is 77.6 cm³/mol. The summed E-state index contributed by atoms with van der Waals surface area (Å²) in [6.07, 6.45) is 5.17. The maximum Gasteiger partial charge on any atom is 0.329 e. The number of carbonyl (C=O) groups is 2. The number of hydrogen-bond donors (Lipinski definition) is 2. The van der Waals surface area contributed by atoms with Crippen molar-refractivity contribution in [2.24, 2.45) is 0 Å². The molecule has 2 unspecified atom stereocenters. The van der Waals surface area contributed by atoms with Crippen LogP contribution in [0, 0.1) is 0 Å². The third-order valence-electron chi connectivity index (χ3n) is 3.72. The van der Waals surface area contributed by atoms with Gasteiger partial charge in [-0.3, -0.25) is 0 Å². The molecule has 1 heterocycles. The average molecular weight is 288 g/mol. The lowest BCUT2D eigenvalue weighted by molar-refractivity contribution is -0.150. The number of hydrogen-bond acceptors (Lipinski definition) is 3. The Kier molecular flexibility index (Phi) is 5.97. The lowest BCUT2D eigenvalue weighted by Gasteiger charge is -2.41. The molecule has 0 aromatic carbocycles. The average Bonchev–Trinajstić information content (AvgIpc) is 2.36. The minimum Gasteiger partial charge on any atom is -0.480 e. The van der Waals surface area contributed by atoms with Crippen LogP contribution in [0.4, 0.5) is 4.79 Å². The van der Waals surface area contributed by atoms with E-state index in [1.165, 1.54) is 4.90 Å². The van der Waals surface area contributed by atoms with E-state index in [4.69, 9.17) is 0 Å². The summed E-state index contributed by atoms with van der Waals surface area (Å²) in [5.74, 6) is 0.0663. The molecule has 19 heavy (non-hydrogen) atoms. The summed E-state index contributed by atoms with van der Waals surface area (Å²) in [6.45, 7) is 4.11. The molecule has 0 radical (unpaired) electrons. The Bertz CT molecular complexity index is 338. The van der Waals surface area contributed by atoms with Gasteiger partial charge in [0.25, 0.3) is 0 Å². The highest BCUT2D eigenvalue weighted by Gasteiger charge is 2.44. The molecule has 0 bridgehead atoms. The monoisotopic (exact) mass is 288 g/mol. The van der Waals surface area contributed by atoms with Crippen molar-refractivity contribution in [3.8, 4) is 0 Å². The van der Waals surface area contributed by atoms with Gasteiger partial charge in [-0.15, -0.1) is 0 Å². The first kappa shape index (κ1) is 16.1. The highest BCUT2D eigenvalue weighted by molar-refractivity contribution is 7.98. The largest absolute Gasteiger partial charge is 0.480 e. The molecular weight excluding hydrogens is 264 g/mol. The van der Waals surface area contributed by atoms with E-state index in [9.17, 15) is 14.7 Å². The van der Waals surface area contributed by atoms with Gasteiger partial charge in [-0.1, -0.05) is 0 Å². The summed E-state index contributed by atoms with van der Waals surface area (Å²) in [4.78, 5) is 25.1. The van der Waals surface area contributed by atoms with Crippen molar-refractivity contribution >= 4 is 23.8 Å². The van der Waals surface area contributed by atoms with Crippen molar-refractivity contribution in [3.05, 3.63) is 0 Å². The van der Waals surface area contributed by atoms with Crippen LogP contribution in [0.3, 0.4) is 0 Å². The molecule has 1 aliphatic rings. The quantitative estimate of drug-likeness (QED) is 0.813. The number of aliphatic carboxylic acids is 1. The zero-order chi connectivity index (χ0) is 14.5. The van der Waals surface area contributed by atoms with Gasteiger partial charge < -0.3 is 15.3 Å². The van der Waals surface area contributed by atoms with Gasteiger partial charge in [0.2, 0.25) is 0 Å². The van der Waals surface area contributed by atoms with Crippen molar-refractivity contribution < 1.29 is 14.7 Å². The van der Waals surface area contributed by atoms with Gasteiger partial charge in [0.1, 0.15) is 5.54 Å². The van der Waals surface area contributed by atoms with Gasteiger partial charge in [-0.05, 0) is 51.5 Å². The molecule has 1 rings (SSSR count). The fourth-order valence-electron chi connectivity index (χ4n) is 2.32. The minimum atomic E-state index is -1.07. The van der Waals surface area contributed by atoms with Crippen molar-refractivity contribution in [1.82, 2.24) is 10.2 Å². The number of carboxylic acid groups (broad SMARTS) is 1. The maximum atomic E-state index is 12.2. The smallest absolute Gasteiger partial charge is 0.329 e. The van der Waals surface area contributed by atoms with Crippen LogP contribution in [0.5, 0.6) is 0 Å². The van der Waals surface area contributed by atoms with Crippen LogP contribution in [-0.4, -0.2) is 52.1 Å². The van der Waals surface area contributed by atoms with Crippen molar-refractivity contribution in [2.75, 3.05) is 18.6 Å². The van der Waals surface area contributed by atoms with E-state index in [0.717, 1.165) is 25.0 Å². The summed E-state index contributed by atoms with van der Waals surface area (Å²) in [7, 11) is 0. The Morgan fingerprint density at radius 2 is 2.16 bits per heavy atom. The lowest BCUT2D eigenvalue weighted by atomic mass is 9.89. The first-order valence-corrected chi connectivity index (χ1v) is 8.11. The van der Waals surface area contributed by atoms with E-state index in [1.54, 1.807) is 18.7 Å². The SMILES string of the molecule is CSCCC(C)NC(=O)N1CCCCC1(C)C(=O)O. The molecule has 2 N–H and O–H groups in total. The van der Waals surface area contributed by atoms with E-state index in [1.807, 2.05) is 13.2 Å². The molecule has 2 atom stereocenters. The fraction of sp³-hybridized carbons (Fsp3) is 0.846. The van der Waals surface area contributed by atoms with Crippen molar-refractivity contribution in [3.63, 3.8) is 0 Å². The van der Waals surface area contributed by atoms with Crippen LogP contribution in [0.2, 0.25) is 0 Å². The third kappa shape index (κ3) is 4.03. The summed E-state index contributed by atoms with van der Waals surface area (Å²) in [5, 5.41) is 12.3. The zero-order valence-electron chi connectivity index (χ0n) is 11.9. The molecular formula is C13H24N2O3S. The number of rotatable bonds is 5. The Hall–Kier alpha value is -0.910. The second-order valence-electron chi connectivity index (χ2n) is 5.32. The first-order valence-electron chi connectivity index (χ1n) is 6.72. The van der Waals surface area contributed by atoms with Gasteiger partial charge >= 0.3 is 12.0 Å². The molecule has 6 heteroatoms. The van der Waals surface area contributed by atoms with Gasteiger partial charge in [-0.25, -0.2) is 9.59 Å². The van der Waals surface area contributed by atoms with Crippen LogP contribution in [0.15, 0.2) is 0 Å². The number of urea groups is 1. The number of amides is 2. The van der Waals surface area contributed by atoms with Crippen LogP contribution in [0.25, 0.3) is 0 Å². The van der Waals surface area contributed by atoms with Gasteiger partial charge in [-0.2, -0.15) is 11.8 Å². The summed E-state index contributed by atoms with van der Waals surface area (Å²) >= 11 is 1.74. The highest BCUT2D eigenvalue weighted by Crippen LogP contribution is 2.28. The molecule has 1 aliphatic heterocycles. The van der Waals surface area contributed by atoms with Crippen molar-refractivity contribution in [2.45, 2.75) is 51.1 Å². The van der Waals surface area contributed by atoms with E-state index in [0.29, 0.717) is 13.0 Å². The normalized spacial score (nSPS) is 24.9. The first-order chi connectivity index (χ1) is 8.91. The number of nitrogens with one attached hydrogen (secondary N) is 1. The molecule has 0 aromatic rings. The molecule has 2 amide bonds. The molecule has 1 saturated heterocycles. The standard InChI is InChI=1S/C13H24N2O3S/c1-10(6-9-19-3)14-12(18)15-8-5-4-7-13(15,2)11(16)17/h10H,4-9H2,1-3H3,(H,14,18)(H,16,17). The predicted octanol–water partition coefficient (Wildman–Crippen LogP) is 2.17. The van der Waals surface area contributed by atoms with Crippen molar-refractivity contribution in [1.29, 1.82) is 0 Å². The molecule has 0 spiro atoms. The van der Waals surface area contributed by atoms with Gasteiger partial charge in [0.15, 0.2) is 0 Å². The van der Waals surface area contributed by atoms with Crippen LogP contribution in [0.1, 0.15) is 39.5 Å². The molecule has 0 saturated carbocycles. The second-order valence-corrected chi connectivity index (χ2v) is 6.31. The summed E-state index contributed by atoms with van der Waals surface area (Å²) < 4.78 is 0. The van der Waals surface area contributed by atoms with Crippen LogP contribution >= 0.6 is 11.8 Å². The zero-order valence-corrected chi connectivity index (χ0v) is 12.8. The Balaban J connectivity index is 2.65. The summed E-state index contributed by atoms with van der Waals surface area (Å²) in [6, 6.07) is -0.182. The third-order valence-corrected chi connectivity index (χ3v) is 4.37. The summed E-state index contributed by atoms with van der Waals surface area (Å²) in [5.41, 5.74) is -1.07. The van der Waals surface area contributed by atoms with E-state index in [-0.39, 0.29) is 12.1 Å². The second kappa shape index (κ2) is 7.03. The van der Waals surface area contributed by atoms with Gasteiger partial charge in [0.05, 0.1) is 0 Å². The van der Waals surface area contributed by atoms with Crippen LogP contribution in [-0.2, 0) is 4.79 Å². The topological polar surface area (TPSA) is 69.6 Å². The number of carbonyl (C=O) groups excluding carboxylic acids is 1. The number of nitrogens with zero attached hydrogens (tertiary/aromatic N) is 1. The molecule has 0 aliphatic carbocycles. The number of piperidine rings is 1. The molecule has 0 aromatic heterocycles. The Labute approximate surface area is 119 Å². The van der Waals surface area contributed by atoms with E-state index >= 15 is 0 Å². The Morgan fingerprint density at radius 3 is 2.74 bits per heavy atom. The number of carboxylic acids is 1. The fourth-order valence-corrected chi connectivity index (χ4v) is 2.91. The Morgan fingerprint density at radius 1 is 1.47 bits per heavy atom.